The molecule has 0 bridgehead atoms. The first-order valence-corrected chi connectivity index (χ1v) is 9.25. The molecular formula is C17H30N4O3. The van der Waals surface area contributed by atoms with Gasteiger partial charge < -0.3 is 19.4 Å². The number of rotatable bonds is 2. The second kappa shape index (κ2) is 8.16. The van der Waals surface area contributed by atoms with E-state index in [9.17, 15) is 9.59 Å². The van der Waals surface area contributed by atoms with Crippen LogP contribution in [0.1, 0.15) is 19.8 Å². The van der Waals surface area contributed by atoms with Crippen molar-refractivity contribution < 1.29 is 14.3 Å². The number of nitrogens with zero attached hydrogens (tertiary/aromatic N) is 4. The van der Waals surface area contributed by atoms with E-state index in [1.165, 1.54) is 0 Å². The zero-order chi connectivity index (χ0) is 16.9. The smallest absolute Gasteiger partial charge is 0.320 e. The average molecular weight is 338 g/mol. The lowest BCUT2D eigenvalue weighted by molar-refractivity contribution is -0.134. The summed E-state index contributed by atoms with van der Waals surface area (Å²) >= 11 is 0. The number of piperidine rings is 1. The number of morpholine rings is 1. The molecule has 0 aliphatic carbocycles. The fourth-order valence-electron chi connectivity index (χ4n) is 3.60. The van der Waals surface area contributed by atoms with Crippen molar-refractivity contribution >= 4 is 11.9 Å². The Hall–Kier alpha value is -1.34. The summed E-state index contributed by atoms with van der Waals surface area (Å²) in [5, 5.41) is 0. The van der Waals surface area contributed by atoms with Crippen LogP contribution in [0.3, 0.4) is 0 Å². The maximum atomic E-state index is 12.5. The number of ether oxygens (including phenoxy) is 1. The van der Waals surface area contributed by atoms with E-state index in [4.69, 9.17) is 4.74 Å². The number of piperazine rings is 1. The summed E-state index contributed by atoms with van der Waals surface area (Å²) in [6, 6.07) is 0.120. The van der Waals surface area contributed by atoms with Crippen molar-refractivity contribution in [2.45, 2.75) is 19.8 Å². The van der Waals surface area contributed by atoms with Crippen molar-refractivity contribution in [2.75, 3.05) is 72.1 Å². The van der Waals surface area contributed by atoms with Gasteiger partial charge in [0.1, 0.15) is 0 Å². The first kappa shape index (κ1) is 17.5. The molecule has 0 aromatic carbocycles. The van der Waals surface area contributed by atoms with E-state index in [1.54, 1.807) is 0 Å². The van der Waals surface area contributed by atoms with Crippen LogP contribution in [0.4, 0.5) is 4.79 Å². The van der Waals surface area contributed by atoms with Gasteiger partial charge in [0.05, 0.1) is 19.8 Å². The van der Waals surface area contributed by atoms with Crippen LogP contribution < -0.4 is 0 Å². The molecule has 0 atom stereocenters. The van der Waals surface area contributed by atoms with E-state index in [0.717, 1.165) is 44.9 Å². The first-order valence-electron chi connectivity index (χ1n) is 9.25. The average Bonchev–Trinajstić information content (AvgIpc) is 2.63. The van der Waals surface area contributed by atoms with E-state index in [0.29, 0.717) is 45.9 Å². The van der Waals surface area contributed by atoms with Gasteiger partial charge in [0, 0.05) is 52.4 Å². The predicted molar refractivity (Wildman–Crippen MR) is 90.8 cm³/mol. The third-order valence-corrected chi connectivity index (χ3v) is 5.42. The number of hydrogen-bond donors (Lipinski definition) is 0. The van der Waals surface area contributed by atoms with Crippen LogP contribution in [-0.4, -0.2) is 104 Å². The maximum absolute atomic E-state index is 12.5. The highest BCUT2D eigenvalue weighted by Crippen LogP contribution is 2.16. The molecule has 3 aliphatic rings. The molecule has 0 unspecified atom stereocenters. The molecule has 3 rings (SSSR count). The minimum absolute atomic E-state index is 0.120. The molecular weight excluding hydrogens is 308 g/mol. The Bertz CT molecular complexity index is 437. The highest BCUT2D eigenvalue weighted by molar-refractivity contribution is 5.78. The summed E-state index contributed by atoms with van der Waals surface area (Å²) in [5.41, 5.74) is 0. The van der Waals surface area contributed by atoms with Crippen LogP contribution >= 0.6 is 0 Å². The minimum Gasteiger partial charge on any atom is -0.378 e. The van der Waals surface area contributed by atoms with Crippen LogP contribution in [0.15, 0.2) is 0 Å². The van der Waals surface area contributed by atoms with Gasteiger partial charge in [-0.3, -0.25) is 9.69 Å². The Kier molecular flexibility index (Phi) is 5.94. The van der Waals surface area contributed by atoms with Gasteiger partial charge in [-0.2, -0.15) is 0 Å². The van der Waals surface area contributed by atoms with Crippen molar-refractivity contribution in [1.29, 1.82) is 0 Å². The third-order valence-electron chi connectivity index (χ3n) is 5.42. The Balaban J connectivity index is 1.40. The summed E-state index contributed by atoms with van der Waals surface area (Å²) in [5.74, 6) is 0.985. The molecule has 136 valence electrons. The quantitative estimate of drug-likeness (QED) is 0.727. The number of hydrogen-bond acceptors (Lipinski definition) is 4. The topological polar surface area (TPSA) is 56.3 Å². The molecule has 7 nitrogen and oxygen atoms in total. The van der Waals surface area contributed by atoms with E-state index < -0.39 is 0 Å². The molecule has 7 heteroatoms. The summed E-state index contributed by atoms with van der Waals surface area (Å²) in [7, 11) is 0. The molecule has 24 heavy (non-hydrogen) atoms. The lowest BCUT2D eigenvalue weighted by atomic mass is 9.99. The first-order chi connectivity index (χ1) is 11.6. The molecule has 3 fully saturated rings. The van der Waals surface area contributed by atoms with E-state index in [1.807, 2.05) is 14.7 Å². The Morgan fingerprint density at radius 3 is 2.04 bits per heavy atom. The molecule has 0 N–H and O–H groups in total. The van der Waals surface area contributed by atoms with Crippen LogP contribution in [0.25, 0.3) is 0 Å². The fourth-order valence-corrected chi connectivity index (χ4v) is 3.60. The normalized spacial score (nSPS) is 24.3. The monoisotopic (exact) mass is 338 g/mol. The van der Waals surface area contributed by atoms with Crippen molar-refractivity contribution in [3.8, 4) is 0 Å². The summed E-state index contributed by atoms with van der Waals surface area (Å²) in [6.45, 7) is 10.2. The van der Waals surface area contributed by atoms with Gasteiger partial charge in [-0.1, -0.05) is 6.92 Å². The van der Waals surface area contributed by atoms with Gasteiger partial charge in [0.2, 0.25) is 5.91 Å². The summed E-state index contributed by atoms with van der Waals surface area (Å²) < 4.78 is 5.30. The minimum atomic E-state index is 0.120. The highest BCUT2D eigenvalue weighted by atomic mass is 16.5. The molecule has 3 aliphatic heterocycles. The van der Waals surface area contributed by atoms with E-state index in [2.05, 4.69) is 11.8 Å². The highest BCUT2D eigenvalue weighted by Gasteiger charge is 2.28. The Morgan fingerprint density at radius 2 is 1.42 bits per heavy atom. The van der Waals surface area contributed by atoms with E-state index in [-0.39, 0.29) is 11.9 Å². The van der Waals surface area contributed by atoms with Crippen LogP contribution in [0.5, 0.6) is 0 Å². The zero-order valence-electron chi connectivity index (χ0n) is 14.8. The van der Waals surface area contributed by atoms with Gasteiger partial charge >= 0.3 is 6.03 Å². The summed E-state index contributed by atoms with van der Waals surface area (Å²) in [4.78, 5) is 32.9. The van der Waals surface area contributed by atoms with Gasteiger partial charge in [0.15, 0.2) is 0 Å². The molecule has 0 saturated carbocycles. The van der Waals surface area contributed by atoms with E-state index >= 15 is 0 Å². The van der Waals surface area contributed by atoms with Crippen molar-refractivity contribution in [2.24, 2.45) is 5.92 Å². The molecule has 0 spiro atoms. The maximum Gasteiger partial charge on any atom is 0.320 e. The molecule has 3 heterocycles. The third kappa shape index (κ3) is 4.39. The van der Waals surface area contributed by atoms with Crippen LogP contribution in [0, 0.1) is 5.92 Å². The number of likely N-dealkylation sites (tertiary alicyclic amines) is 1. The lowest BCUT2D eigenvalue weighted by Gasteiger charge is -2.39. The van der Waals surface area contributed by atoms with Crippen molar-refractivity contribution in [3.05, 3.63) is 0 Å². The number of carbonyl (C=O) groups is 2. The number of carbonyl (C=O) groups excluding carboxylic acids is 2. The Morgan fingerprint density at radius 1 is 0.833 bits per heavy atom. The number of amides is 3. The second-order valence-corrected chi connectivity index (χ2v) is 7.21. The lowest BCUT2D eigenvalue weighted by Crippen LogP contribution is -2.56. The summed E-state index contributed by atoms with van der Waals surface area (Å²) in [6.07, 6.45) is 2.24. The van der Waals surface area contributed by atoms with Crippen molar-refractivity contribution in [3.63, 3.8) is 0 Å². The largest absolute Gasteiger partial charge is 0.378 e. The molecule has 3 amide bonds. The van der Waals surface area contributed by atoms with Crippen LogP contribution in [-0.2, 0) is 9.53 Å². The fraction of sp³-hybridized carbons (Fsp3) is 0.882. The molecule has 0 aromatic heterocycles. The van der Waals surface area contributed by atoms with Crippen LogP contribution in [0.2, 0.25) is 0 Å². The molecule has 0 aromatic rings. The van der Waals surface area contributed by atoms with Gasteiger partial charge in [-0.05, 0) is 18.8 Å². The SMILES string of the molecule is CC1CCN(C(=O)CN2CCN(C(=O)N3CCOCC3)CC2)CC1. The van der Waals surface area contributed by atoms with Gasteiger partial charge in [-0.25, -0.2) is 4.79 Å². The predicted octanol–water partition coefficient (Wildman–Crippen LogP) is 0.315. The zero-order valence-corrected chi connectivity index (χ0v) is 14.8. The second-order valence-electron chi connectivity index (χ2n) is 7.21. The van der Waals surface area contributed by atoms with Gasteiger partial charge in [-0.15, -0.1) is 0 Å². The van der Waals surface area contributed by atoms with Gasteiger partial charge in [0.25, 0.3) is 0 Å². The Labute approximate surface area is 144 Å². The standard InChI is InChI=1S/C17H30N4O3/c1-15-2-4-19(5-3-15)16(22)14-18-6-8-20(9-7-18)17(23)21-10-12-24-13-11-21/h15H,2-14H2,1H3. The molecule has 3 saturated heterocycles. The van der Waals surface area contributed by atoms with Crippen molar-refractivity contribution in [1.82, 2.24) is 19.6 Å². The number of urea groups is 1. The molecule has 0 radical (unpaired) electrons.